The van der Waals surface area contributed by atoms with E-state index in [0.29, 0.717) is 6.54 Å². The van der Waals surface area contributed by atoms with Gasteiger partial charge >= 0.3 is 6.03 Å². The molecule has 0 saturated carbocycles. The molecule has 0 bridgehead atoms. The van der Waals surface area contributed by atoms with Crippen LogP contribution in [0.3, 0.4) is 0 Å². The second-order valence-corrected chi connectivity index (χ2v) is 4.90. The molecule has 0 aromatic carbocycles. The normalized spacial score (nSPS) is 11.8. The molecule has 2 amide bonds. The van der Waals surface area contributed by atoms with Crippen molar-refractivity contribution < 1.29 is 4.79 Å². The van der Waals surface area contributed by atoms with Crippen LogP contribution in [0.15, 0.2) is 42.0 Å². The van der Waals surface area contributed by atoms with Crippen molar-refractivity contribution in [2.75, 3.05) is 0 Å². The van der Waals surface area contributed by atoms with Crippen LogP contribution >= 0.6 is 11.3 Å². The Kier molecular flexibility index (Phi) is 4.30. The maximum Gasteiger partial charge on any atom is 0.315 e. The molecule has 2 aromatic heterocycles. The minimum absolute atomic E-state index is 0.0268. The molecule has 1 atom stereocenters. The highest BCUT2D eigenvalue weighted by Gasteiger charge is 2.09. The summed E-state index contributed by atoms with van der Waals surface area (Å²) in [4.78, 5) is 16.8. The Morgan fingerprint density at radius 2 is 2.33 bits per heavy atom. The van der Waals surface area contributed by atoms with Crippen LogP contribution in [0.1, 0.15) is 23.4 Å². The summed E-state index contributed by atoms with van der Waals surface area (Å²) in [6.45, 7) is 2.45. The Morgan fingerprint density at radius 1 is 1.44 bits per heavy atom. The first-order valence-corrected chi connectivity index (χ1v) is 6.60. The first-order chi connectivity index (χ1) is 8.75. The number of rotatable bonds is 4. The van der Waals surface area contributed by atoms with Crippen LogP contribution in [-0.2, 0) is 6.54 Å². The van der Waals surface area contributed by atoms with Gasteiger partial charge in [0.05, 0.1) is 6.04 Å². The first kappa shape index (κ1) is 12.6. The van der Waals surface area contributed by atoms with Crippen LogP contribution < -0.4 is 10.6 Å². The Morgan fingerprint density at radius 3 is 3.00 bits per heavy atom. The number of thiophene rings is 1. The van der Waals surface area contributed by atoms with Crippen molar-refractivity contribution in [2.45, 2.75) is 19.5 Å². The molecule has 5 heteroatoms. The standard InChI is InChI=1S/C13H15N3OS/c1-10(12-5-3-7-18-12)16-13(17)15-9-11-4-2-6-14-8-11/h2-8,10H,9H2,1H3,(H2,15,16,17). The van der Waals surface area contributed by atoms with E-state index in [0.717, 1.165) is 10.4 Å². The molecular formula is C13H15N3OS. The third kappa shape index (κ3) is 3.56. The smallest absolute Gasteiger partial charge is 0.315 e. The molecule has 18 heavy (non-hydrogen) atoms. The van der Waals surface area contributed by atoms with Gasteiger partial charge < -0.3 is 10.6 Å². The highest BCUT2D eigenvalue weighted by atomic mass is 32.1. The molecule has 0 aliphatic rings. The number of urea groups is 1. The third-order valence-electron chi connectivity index (χ3n) is 2.49. The predicted molar refractivity (Wildman–Crippen MR) is 72.3 cm³/mol. The fourth-order valence-electron chi connectivity index (χ4n) is 1.54. The van der Waals surface area contributed by atoms with Crippen LogP contribution in [0.4, 0.5) is 4.79 Å². The molecule has 0 spiro atoms. The van der Waals surface area contributed by atoms with Crippen molar-refractivity contribution >= 4 is 17.4 Å². The lowest BCUT2D eigenvalue weighted by Crippen LogP contribution is -2.36. The van der Waals surface area contributed by atoms with E-state index in [2.05, 4.69) is 15.6 Å². The number of carbonyl (C=O) groups excluding carboxylic acids is 1. The zero-order valence-corrected chi connectivity index (χ0v) is 10.9. The molecule has 0 fully saturated rings. The van der Waals surface area contributed by atoms with Gasteiger partial charge in [0.2, 0.25) is 0 Å². The van der Waals surface area contributed by atoms with Gasteiger partial charge in [-0.1, -0.05) is 12.1 Å². The largest absolute Gasteiger partial charge is 0.334 e. The number of amides is 2. The van der Waals surface area contributed by atoms with Crippen LogP contribution in [0.2, 0.25) is 0 Å². The van der Waals surface area contributed by atoms with Crippen LogP contribution in [-0.4, -0.2) is 11.0 Å². The van der Waals surface area contributed by atoms with E-state index in [1.165, 1.54) is 0 Å². The van der Waals surface area contributed by atoms with Gasteiger partial charge in [0.1, 0.15) is 0 Å². The molecule has 2 rings (SSSR count). The number of carbonyl (C=O) groups is 1. The maximum atomic E-state index is 11.7. The highest BCUT2D eigenvalue weighted by Crippen LogP contribution is 2.17. The van der Waals surface area contributed by atoms with Crippen LogP contribution in [0, 0.1) is 0 Å². The van der Waals surface area contributed by atoms with E-state index in [1.54, 1.807) is 23.7 Å². The number of pyridine rings is 1. The Hall–Kier alpha value is -1.88. The van der Waals surface area contributed by atoms with Crippen molar-refractivity contribution in [3.63, 3.8) is 0 Å². The first-order valence-electron chi connectivity index (χ1n) is 5.72. The highest BCUT2D eigenvalue weighted by molar-refractivity contribution is 7.10. The summed E-state index contributed by atoms with van der Waals surface area (Å²) in [6, 6.07) is 7.63. The molecule has 4 nitrogen and oxygen atoms in total. The molecule has 2 N–H and O–H groups in total. The van der Waals surface area contributed by atoms with E-state index in [-0.39, 0.29) is 12.1 Å². The summed E-state index contributed by atoms with van der Waals surface area (Å²) >= 11 is 1.63. The summed E-state index contributed by atoms with van der Waals surface area (Å²) in [5.41, 5.74) is 0.983. The Labute approximate surface area is 110 Å². The molecule has 0 aliphatic heterocycles. The minimum Gasteiger partial charge on any atom is -0.334 e. The lowest BCUT2D eigenvalue weighted by molar-refractivity contribution is 0.237. The fourth-order valence-corrected chi connectivity index (χ4v) is 2.28. The number of aromatic nitrogens is 1. The molecule has 0 radical (unpaired) electrons. The summed E-state index contributed by atoms with van der Waals surface area (Å²) in [7, 11) is 0. The summed E-state index contributed by atoms with van der Waals surface area (Å²) in [6.07, 6.45) is 3.45. The van der Waals surface area contributed by atoms with Crippen molar-refractivity contribution in [3.8, 4) is 0 Å². The minimum atomic E-state index is -0.167. The topological polar surface area (TPSA) is 54.0 Å². The quantitative estimate of drug-likeness (QED) is 0.889. The fraction of sp³-hybridized carbons (Fsp3) is 0.231. The van der Waals surface area contributed by atoms with Crippen LogP contribution in [0.5, 0.6) is 0 Å². The second kappa shape index (κ2) is 6.16. The van der Waals surface area contributed by atoms with Gasteiger partial charge in [-0.25, -0.2) is 4.79 Å². The molecule has 2 aromatic rings. The second-order valence-electron chi connectivity index (χ2n) is 3.93. The Balaban J connectivity index is 1.79. The van der Waals surface area contributed by atoms with E-state index in [9.17, 15) is 4.79 Å². The average molecular weight is 261 g/mol. The van der Waals surface area contributed by atoms with Crippen molar-refractivity contribution in [3.05, 3.63) is 52.5 Å². The van der Waals surface area contributed by atoms with Gasteiger partial charge in [0.15, 0.2) is 0 Å². The lowest BCUT2D eigenvalue weighted by atomic mass is 10.3. The van der Waals surface area contributed by atoms with Crippen molar-refractivity contribution in [2.24, 2.45) is 0 Å². The molecule has 94 valence electrons. The third-order valence-corrected chi connectivity index (χ3v) is 3.55. The van der Waals surface area contributed by atoms with E-state index < -0.39 is 0 Å². The van der Waals surface area contributed by atoms with Crippen molar-refractivity contribution in [1.29, 1.82) is 0 Å². The number of hydrogen-bond acceptors (Lipinski definition) is 3. The van der Waals surface area contributed by atoms with Gasteiger partial charge in [-0.3, -0.25) is 4.98 Å². The van der Waals surface area contributed by atoms with E-state index >= 15 is 0 Å². The lowest BCUT2D eigenvalue weighted by Gasteiger charge is -2.13. The van der Waals surface area contributed by atoms with E-state index in [1.807, 2.05) is 36.6 Å². The zero-order chi connectivity index (χ0) is 12.8. The Bertz CT molecular complexity index is 484. The van der Waals surface area contributed by atoms with Gasteiger partial charge in [0, 0.05) is 23.8 Å². The van der Waals surface area contributed by atoms with Gasteiger partial charge in [-0.2, -0.15) is 0 Å². The van der Waals surface area contributed by atoms with Crippen molar-refractivity contribution in [1.82, 2.24) is 15.6 Å². The van der Waals surface area contributed by atoms with Crippen LogP contribution in [0.25, 0.3) is 0 Å². The number of nitrogens with zero attached hydrogens (tertiary/aromatic N) is 1. The van der Waals surface area contributed by atoms with E-state index in [4.69, 9.17) is 0 Å². The van der Waals surface area contributed by atoms with Gasteiger partial charge in [-0.15, -0.1) is 11.3 Å². The van der Waals surface area contributed by atoms with Gasteiger partial charge in [-0.05, 0) is 30.0 Å². The zero-order valence-electron chi connectivity index (χ0n) is 10.1. The monoisotopic (exact) mass is 261 g/mol. The molecule has 0 saturated heterocycles. The molecule has 2 heterocycles. The molecule has 1 unspecified atom stereocenters. The number of nitrogens with one attached hydrogen (secondary N) is 2. The number of hydrogen-bond donors (Lipinski definition) is 2. The summed E-state index contributed by atoms with van der Waals surface area (Å²) < 4.78 is 0. The van der Waals surface area contributed by atoms with Gasteiger partial charge in [0.25, 0.3) is 0 Å². The summed E-state index contributed by atoms with van der Waals surface area (Å²) in [5, 5.41) is 7.70. The molecule has 0 aliphatic carbocycles. The predicted octanol–water partition coefficient (Wildman–Crippen LogP) is 2.70. The average Bonchev–Trinajstić information content (AvgIpc) is 2.91. The maximum absolute atomic E-state index is 11.7. The molecular weight excluding hydrogens is 246 g/mol. The SMILES string of the molecule is CC(NC(=O)NCc1cccnc1)c1cccs1. The summed E-state index contributed by atoms with van der Waals surface area (Å²) in [5.74, 6) is 0.